The molecule has 1 amide bonds. The molecule has 2 N–H and O–H groups in total. The lowest BCUT2D eigenvalue weighted by Crippen LogP contribution is -2.13. The summed E-state index contributed by atoms with van der Waals surface area (Å²) in [6.07, 6.45) is 0. The number of halogens is 2. The Morgan fingerprint density at radius 3 is 2.33 bits per heavy atom. The average Bonchev–Trinajstić information content (AvgIpc) is 2.53. The number of hydrogen-bond acceptors (Lipinski definition) is 4. The van der Waals surface area contributed by atoms with Gasteiger partial charge in [-0.25, -0.2) is 8.42 Å². The van der Waals surface area contributed by atoms with E-state index in [2.05, 4.69) is 0 Å². The second-order valence-electron chi connectivity index (χ2n) is 5.10. The van der Waals surface area contributed by atoms with Gasteiger partial charge in [0, 0.05) is 0 Å². The number of benzene rings is 2. The Kier molecular flexibility index (Phi) is 5.18. The summed E-state index contributed by atoms with van der Waals surface area (Å²) in [4.78, 5) is 10.9. The Morgan fingerprint density at radius 2 is 1.79 bits per heavy atom. The summed E-state index contributed by atoms with van der Waals surface area (Å²) in [5.74, 6) is -3.81. The van der Waals surface area contributed by atoms with Crippen LogP contribution in [0, 0.1) is 6.92 Å². The van der Waals surface area contributed by atoms with Gasteiger partial charge in [-0.15, -0.1) is 0 Å². The van der Waals surface area contributed by atoms with Gasteiger partial charge in [-0.3, -0.25) is 4.79 Å². The van der Waals surface area contributed by atoms with Crippen LogP contribution in [0.3, 0.4) is 0 Å². The number of carbonyl (C=O) groups is 1. The van der Waals surface area contributed by atoms with Crippen LogP contribution in [-0.2, 0) is 16.4 Å². The number of sulfone groups is 1. The molecule has 0 aliphatic rings. The fourth-order valence-electron chi connectivity index (χ4n) is 1.99. The average molecular weight is 355 g/mol. The molecule has 0 aliphatic heterocycles. The molecule has 0 aromatic heterocycles. The fourth-order valence-corrected chi connectivity index (χ4v) is 2.71. The Hall–Kier alpha value is -2.48. The molecular formula is C16H15F2NO4S. The highest BCUT2D eigenvalue weighted by Gasteiger charge is 2.26. The number of primary amides is 1. The van der Waals surface area contributed by atoms with Gasteiger partial charge in [0.25, 0.3) is 5.91 Å². The maximum absolute atomic E-state index is 12.5. The number of alkyl halides is 2. The number of nitrogens with two attached hydrogens (primary N) is 1. The zero-order valence-electron chi connectivity index (χ0n) is 12.7. The quantitative estimate of drug-likeness (QED) is 0.863. The van der Waals surface area contributed by atoms with Gasteiger partial charge < -0.3 is 10.5 Å². The van der Waals surface area contributed by atoms with Gasteiger partial charge in [-0.2, -0.15) is 8.78 Å². The molecule has 0 atom stereocenters. The van der Waals surface area contributed by atoms with E-state index in [1.165, 1.54) is 12.1 Å². The molecule has 0 heterocycles. The molecule has 0 saturated heterocycles. The van der Waals surface area contributed by atoms with E-state index in [1.54, 1.807) is 18.2 Å². The van der Waals surface area contributed by atoms with E-state index in [0.717, 1.165) is 17.7 Å². The van der Waals surface area contributed by atoms with Crippen LogP contribution in [0.4, 0.5) is 8.78 Å². The zero-order chi connectivity index (χ0) is 17.9. The predicted molar refractivity (Wildman–Crippen MR) is 83.7 cm³/mol. The maximum Gasteiger partial charge on any atom is 0.341 e. The van der Waals surface area contributed by atoms with Crippen LogP contribution in [0.5, 0.6) is 5.75 Å². The van der Waals surface area contributed by atoms with Crippen LogP contribution in [0.25, 0.3) is 0 Å². The van der Waals surface area contributed by atoms with Crippen LogP contribution in [0.15, 0.2) is 47.4 Å². The fraction of sp³-hybridized carbons (Fsp3) is 0.188. The van der Waals surface area contributed by atoms with Crippen LogP contribution >= 0.6 is 0 Å². The van der Waals surface area contributed by atoms with Gasteiger partial charge in [0.2, 0.25) is 9.84 Å². The van der Waals surface area contributed by atoms with Gasteiger partial charge in [0.05, 0.1) is 10.5 Å². The van der Waals surface area contributed by atoms with Crippen LogP contribution in [0.1, 0.15) is 21.5 Å². The highest BCUT2D eigenvalue weighted by Crippen LogP contribution is 2.22. The Bertz CT molecular complexity index is 849. The molecule has 0 spiro atoms. The van der Waals surface area contributed by atoms with Crippen molar-refractivity contribution in [1.82, 2.24) is 0 Å². The first-order valence-corrected chi connectivity index (χ1v) is 8.40. The van der Waals surface area contributed by atoms with E-state index in [-0.39, 0.29) is 12.2 Å². The molecule has 8 heteroatoms. The number of carbonyl (C=O) groups excluding carboxylic acids is 1. The highest BCUT2D eigenvalue weighted by molar-refractivity contribution is 7.91. The topological polar surface area (TPSA) is 86.5 Å². The number of aryl methyl sites for hydroxylation is 1. The van der Waals surface area contributed by atoms with Crippen molar-refractivity contribution in [2.75, 3.05) is 0 Å². The molecule has 5 nitrogen and oxygen atoms in total. The molecule has 2 aromatic rings. The van der Waals surface area contributed by atoms with Crippen molar-refractivity contribution in [3.63, 3.8) is 0 Å². The molecule has 0 saturated carbocycles. The summed E-state index contributed by atoms with van der Waals surface area (Å²) < 4.78 is 53.2. The second-order valence-corrected chi connectivity index (χ2v) is 7.02. The highest BCUT2D eigenvalue weighted by atomic mass is 32.2. The number of rotatable bonds is 6. The third-order valence-corrected chi connectivity index (χ3v) is 4.68. The summed E-state index contributed by atoms with van der Waals surface area (Å²) in [7, 11) is -4.62. The standard InChI is InChI=1S/C16H15F2NO4S/c1-10-2-7-13(15(19)20)14(8-10)23-9-11-3-5-12(6-4-11)24(21,22)16(17)18/h2-8,16H,9H2,1H3,(H2,19,20). The van der Waals surface area contributed by atoms with Crippen molar-refractivity contribution in [3.8, 4) is 5.75 Å². The van der Waals surface area contributed by atoms with Crippen molar-refractivity contribution in [3.05, 3.63) is 59.2 Å². The van der Waals surface area contributed by atoms with Crippen molar-refractivity contribution in [1.29, 1.82) is 0 Å². The van der Waals surface area contributed by atoms with Gasteiger partial charge in [0.15, 0.2) is 0 Å². The predicted octanol–water partition coefficient (Wildman–Crippen LogP) is 2.67. The Labute approximate surface area is 138 Å². The van der Waals surface area contributed by atoms with E-state index >= 15 is 0 Å². The number of amides is 1. The largest absolute Gasteiger partial charge is 0.488 e. The zero-order valence-corrected chi connectivity index (χ0v) is 13.5. The Balaban J connectivity index is 2.17. The first-order valence-electron chi connectivity index (χ1n) is 6.86. The molecule has 0 bridgehead atoms. The second kappa shape index (κ2) is 6.96. The monoisotopic (exact) mass is 355 g/mol. The van der Waals surface area contributed by atoms with Crippen LogP contribution in [-0.4, -0.2) is 20.1 Å². The number of ether oxygens (including phenoxy) is 1. The summed E-state index contributed by atoms with van der Waals surface area (Å²) in [6, 6.07) is 9.83. The molecule has 0 unspecified atom stereocenters. The number of hydrogen-bond donors (Lipinski definition) is 1. The summed E-state index contributed by atoms with van der Waals surface area (Å²) in [6.45, 7) is 1.85. The normalized spacial score (nSPS) is 11.5. The third-order valence-electron chi connectivity index (χ3n) is 3.28. The van der Waals surface area contributed by atoms with E-state index in [4.69, 9.17) is 10.5 Å². The van der Waals surface area contributed by atoms with Crippen LogP contribution in [0.2, 0.25) is 0 Å². The third kappa shape index (κ3) is 3.88. The molecule has 0 radical (unpaired) electrons. The first kappa shape index (κ1) is 17.9. The molecule has 128 valence electrons. The van der Waals surface area contributed by atoms with Crippen molar-refractivity contribution < 1.29 is 26.7 Å². The smallest absolute Gasteiger partial charge is 0.341 e. The molecule has 2 aromatic carbocycles. The minimum atomic E-state index is -4.62. The van der Waals surface area contributed by atoms with E-state index < -0.39 is 26.4 Å². The first-order chi connectivity index (χ1) is 11.2. The Morgan fingerprint density at radius 1 is 1.17 bits per heavy atom. The molecule has 0 fully saturated rings. The van der Waals surface area contributed by atoms with Crippen LogP contribution < -0.4 is 10.5 Å². The van der Waals surface area contributed by atoms with Gasteiger partial charge >= 0.3 is 5.76 Å². The van der Waals surface area contributed by atoms with E-state index in [0.29, 0.717) is 11.3 Å². The van der Waals surface area contributed by atoms with E-state index in [1.807, 2.05) is 6.92 Å². The molecule has 24 heavy (non-hydrogen) atoms. The lowest BCUT2D eigenvalue weighted by molar-refractivity contribution is 0.0996. The summed E-state index contributed by atoms with van der Waals surface area (Å²) >= 11 is 0. The van der Waals surface area contributed by atoms with Gasteiger partial charge in [0.1, 0.15) is 12.4 Å². The molecular weight excluding hydrogens is 340 g/mol. The van der Waals surface area contributed by atoms with Gasteiger partial charge in [-0.1, -0.05) is 18.2 Å². The van der Waals surface area contributed by atoms with Gasteiger partial charge in [-0.05, 0) is 42.3 Å². The van der Waals surface area contributed by atoms with Crippen molar-refractivity contribution in [2.45, 2.75) is 24.2 Å². The summed E-state index contributed by atoms with van der Waals surface area (Å²) in [5.41, 5.74) is 6.92. The maximum atomic E-state index is 12.5. The molecule has 0 aliphatic carbocycles. The minimum Gasteiger partial charge on any atom is -0.488 e. The lowest BCUT2D eigenvalue weighted by atomic mass is 10.1. The van der Waals surface area contributed by atoms with Crippen molar-refractivity contribution in [2.24, 2.45) is 5.73 Å². The minimum absolute atomic E-state index is 0.0265. The lowest BCUT2D eigenvalue weighted by Gasteiger charge is -2.11. The molecule has 2 rings (SSSR count). The van der Waals surface area contributed by atoms with E-state index in [9.17, 15) is 22.0 Å². The van der Waals surface area contributed by atoms with Crippen molar-refractivity contribution >= 4 is 15.7 Å². The summed E-state index contributed by atoms with van der Waals surface area (Å²) in [5, 5.41) is 0. The SMILES string of the molecule is Cc1ccc(C(N)=O)c(OCc2ccc(S(=O)(=O)C(F)F)cc2)c1.